The molecule has 9 heteroatoms. The first-order chi connectivity index (χ1) is 13.1. The molecule has 0 amide bonds. The van der Waals surface area contributed by atoms with E-state index in [1.807, 2.05) is 24.3 Å². The van der Waals surface area contributed by atoms with Gasteiger partial charge in [-0.15, -0.1) is 10.2 Å². The van der Waals surface area contributed by atoms with Crippen LogP contribution in [0.5, 0.6) is 5.88 Å². The highest BCUT2D eigenvalue weighted by Gasteiger charge is 2.18. The van der Waals surface area contributed by atoms with E-state index in [2.05, 4.69) is 20.4 Å². The van der Waals surface area contributed by atoms with Crippen LogP contribution in [-0.2, 0) is 0 Å². The van der Waals surface area contributed by atoms with E-state index < -0.39 is 5.56 Å². The Kier molecular flexibility index (Phi) is 4.39. The molecule has 2 aromatic heterocycles. The Morgan fingerprint density at radius 3 is 2.56 bits per heavy atom. The SMILES string of the molecule is O=c1[nH]ncc(N=Nc2c(O)n(-c3ccc(Cl)cc3)c3ccccc23)c1Cl. The van der Waals surface area contributed by atoms with Crippen LogP contribution in [0.15, 0.2) is 69.8 Å². The van der Waals surface area contributed by atoms with Crippen LogP contribution in [0.1, 0.15) is 0 Å². The van der Waals surface area contributed by atoms with Crippen molar-refractivity contribution in [2.45, 2.75) is 0 Å². The summed E-state index contributed by atoms with van der Waals surface area (Å²) in [4.78, 5) is 11.5. The second-order valence-corrected chi connectivity index (χ2v) is 6.41. The van der Waals surface area contributed by atoms with Crippen LogP contribution in [0.3, 0.4) is 0 Å². The molecule has 0 saturated carbocycles. The molecular formula is C18H11Cl2N5O2. The number of hydrogen-bond acceptors (Lipinski definition) is 5. The number of aromatic amines is 1. The molecule has 134 valence electrons. The number of H-pyrrole nitrogens is 1. The lowest BCUT2D eigenvalue weighted by Crippen LogP contribution is -2.06. The van der Waals surface area contributed by atoms with Gasteiger partial charge in [0.05, 0.1) is 11.7 Å². The van der Waals surface area contributed by atoms with Crippen LogP contribution in [-0.4, -0.2) is 19.9 Å². The minimum Gasteiger partial charge on any atom is -0.493 e. The molecule has 0 unspecified atom stereocenters. The average molecular weight is 400 g/mol. The van der Waals surface area contributed by atoms with Gasteiger partial charge in [0.15, 0.2) is 5.69 Å². The fraction of sp³-hybridized carbons (Fsp3) is 0. The van der Waals surface area contributed by atoms with E-state index in [9.17, 15) is 9.90 Å². The summed E-state index contributed by atoms with van der Waals surface area (Å²) in [6, 6.07) is 14.4. The molecule has 2 aromatic carbocycles. The summed E-state index contributed by atoms with van der Waals surface area (Å²) in [6.45, 7) is 0. The fourth-order valence-electron chi connectivity index (χ4n) is 2.71. The predicted molar refractivity (Wildman–Crippen MR) is 104 cm³/mol. The number of hydrogen-bond donors (Lipinski definition) is 2. The van der Waals surface area contributed by atoms with Gasteiger partial charge in [0.2, 0.25) is 5.88 Å². The summed E-state index contributed by atoms with van der Waals surface area (Å²) in [5.74, 6) is -0.101. The molecule has 2 N–H and O–H groups in total. The van der Waals surface area contributed by atoms with Gasteiger partial charge in [-0.3, -0.25) is 9.36 Å². The van der Waals surface area contributed by atoms with E-state index in [0.717, 1.165) is 5.52 Å². The summed E-state index contributed by atoms with van der Waals surface area (Å²) in [6.07, 6.45) is 1.28. The first kappa shape index (κ1) is 17.3. The van der Waals surface area contributed by atoms with E-state index in [0.29, 0.717) is 16.1 Å². The highest BCUT2D eigenvalue weighted by molar-refractivity contribution is 6.32. The number of halogens is 2. The molecule has 7 nitrogen and oxygen atoms in total. The Morgan fingerprint density at radius 2 is 1.78 bits per heavy atom. The first-order valence-corrected chi connectivity index (χ1v) is 8.55. The van der Waals surface area contributed by atoms with Gasteiger partial charge in [-0.05, 0) is 30.3 Å². The number of rotatable bonds is 3. The molecule has 0 atom stereocenters. The highest BCUT2D eigenvalue weighted by atomic mass is 35.5. The van der Waals surface area contributed by atoms with E-state index in [-0.39, 0.29) is 22.3 Å². The minimum atomic E-state index is -0.569. The molecule has 0 fully saturated rings. The number of azo groups is 1. The molecule has 0 bridgehead atoms. The van der Waals surface area contributed by atoms with Crippen molar-refractivity contribution in [3.63, 3.8) is 0 Å². The second-order valence-electron chi connectivity index (χ2n) is 5.60. The maximum absolute atomic E-state index is 11.5. The number of fused-ring (bicyclic) bond motifs is 1. The fourth-order valence-corrected chi connectivity index (χ4v) is 2.96. The van der Waals surface area contributed by atoms with Crippen molar-refractivity contribution >= 4 is 45.5 Å². The predicted octanol–water partition coefficient (Wildman–Crippen LogP) is 5.14. The topological polar surface area (TPSA) is 95.6 Å². The largest absolute Gasteiger partial charge is 0.493 e. The monoisotopic (exact) mass is 399 g/mol. The molecule has 0 aliphatic rings. The molecule has 2 heterocycles. The second kappa shape index (κ2) is 6.86. The van der Waals surface area contributed by atoms with E-state index in [1.54, 1.807) is 28.8 Å². The maximum atomic E-state index is 11.5. The van der Waals surface area contributed by atoms with Crippen molar-refractivity contribution in [3.05, 3.63) is 75.1 Å². The van der Waals surface area contributed by atoms with Crippen molar-refractivity contribution in [2.24, 2.45) is 10.2 Å². The van der Waals surface area contributed by atoms with E-state index in [1.165, 1.54) is 6.20 Å². The van der Waals surface area contributed by atoms with Crippen molar-refractivity contribution in [3.8, 4) is 11.6 Å². The lowest BCUT2D eigenvalue weighted by molar-refractivity contribution is 0.446. The minimum absolute atomic E-state index is 0.100. The van der Waals surface area contributed by atoms with Crippen LogP contribution in [0, 0.1) is 0 Å². The average Bonchev–Trinajstić information content (AvgIpc) is 2.95. The van der Waals surface area contributed by atoms with Gasteiger partial charge in [0.1, 0.15) is 10.7 Å². The number of benzene rings is 2. The Balaban J connectivity index is 1.90. The lowest BCUT2D eigenvalue weighted by Gasteiger charge is -2.06. The van der Waals surface area contributed by atoms with Gasteiger partial charge >= 0.3 is 0 Å². The van der Waals surface area contributed by atoms with Crippen molar-refractivity contribution in [1.82, 2.24) is 14.8 Å². The van der Waals surface area contributed by atoms with E-state index >= 15 is 0 Å². The summed E-state index contributed by atoms with van der Waals surface area (Å²) in [7, 11) is 0. The highest BCUT2D eigenvalue weighted by Crippen LogP contribution is 2.41. The molecule has 4 rings (SSSR count). The zero-order valence-electron chi connectivity index (χ0n) is 13.6. The van der Waals surface area contributed by atoms with Gasteiger partial charge in [0.25, 0.3) is 5.56 Å². The lowest BCUT2D eigenvalue weighted by atomic mass is 10.2. The zero-order chi connectivity index (χ0) is 19.0. The smallest absolute Gasteiger partial charge is 0.285 e. The van der Waals surface area contributed by atoms with Crippen LogP contribution < -0.4 is 5.56 Å². The summed E-state index contributed by atoms with van der Waals surface area (Å²) in [5, 5.41) is 25.9. The molecule has 0 spiro atoms. The standard InChI is InChI=1S/C18H11Cl2N5O2/c19-10-5-7-11(8-6-10)25-14-4-2-1-3-12(14)16(18(25)27)23-22-13-9-21-24-17(26)15(13)20/h1-9,27H,(H,24,26). The molecule has 4 aromatic rings. The Morgan fingerprint density at radius 1 is 1.04 bits per heavy atom. The molecule has 0 aliphatic carbocycles. The van der Waals surface area contributed by atoms with E-state index in [4.69, 9.17) is 23.2 Å². The summed E-state index contributed by atoms with van der Waals surface area (Å²) >= 11 is 11.9. The molecule has 27 heavy (non-hydrogen) atoms. The van der Waals surface area contributed by atoms with Gasteiger partial charge in [-0.1, -0.05) is 41.4 Å². The quantitative estimate of drug-likeness (QED) is 0.466. The number of nitrogens with zero attached hydrogens (tertiary/aromatic N) is 4. The third-order valence-corrected chi connectivity index (χ3v) is 4.56. The Bertz CT molecular complexity index is 1230. The normalized spacial score (nSPS) is 11.5. The molecule has 0 aliphatic heterocycles. The molecule has 0 saturated heterocycles. The molecule has 0 radical (unpaired) electrons. The Hall–Kier alpha value is -3.16. The van der Waals surface area contributed by atoms with Gasteiger partial charge in [-0.2, -0.15) is 5.10 Å². The number of para-hydroxylation sites is 1. The summed E-state index contributed by atoms with van der Waals surface area (Å²) < 4.78 is 1.64. The number of nitrogens with one attached hydrogen (secondary N) is 1. The summed E-state index contributed by atoms with van der Waals surface area (Å²) in [5.41, 5.74) is 1.23. The van der Waals surface area contributed by atoms with Crippen LogP contribution in [0.25, 0.3) is 16.6 Å². The van der Waals surface area contributed by atoms with Crippen LogP contribution in [0.4, 0.5) is 11.4 Å². The third-order valence-electron chi connectivity index (χ3n) is 3.94. The van der Waals surface area contributed by atoms with Crippen molar-refractivity contribution in [1.29, 1.82) is 0 Å². The number of aromatic hydroxyl groups is 1. The van der Waals surface area contributed by atoms with Crippen LogP contribution in [0.2, 0.25) is 10.0 Å². The van der Waals surface area contributed by atoms with Crippen molar-refractivity contribution < 1.29 is 5.11 Å². The zero-order valence-corrected chi connectivity index (χ0v) is 15.1. The van der Waals surface area contributed by atoms with Crippen molar-refractivity contribution in [2.75, 3.05) is 0 Å². The van der Waals surface area contributed by atoms with Gasteiger partial charge in [0, 0.05) is 16.1 Å². The first-order valence-electron chi connectivity index (χ1n) is 7.79. The van der Waals surface area contributed by atoms with Gasteiger partial charge in [-0.25, -0.2) is 5.10 Å². The van der Waals surface area contributed by atoms with Gasteiger partial charge < -0.3 is 5.11 Å². The third kappa shape index (κ3) is 3.07. The number of aromatic nitrogens is 3. The Labute approximate surface area is 162 Å². The van der Waals surface area contributed by atoms with Crippen LogP contribution >= 0.6 is 23.2 Å². The maximum Gasteiger partial charge on any atom is 0.285 e. The molecular weight excluding hydrogens is 389 g/mol.